The van der Waals surface area contributed by atoms with Crippen LogP contribution in [0.15, 0.2) is 59.5 Å². The van der Waals surface area contributed by atoms with Gasteiger partial charge in [0.1, 0.15) is 17.6 Å². The molecule has 3 aromatic rings. The molecule has 1 saturated heterocycles. The molecular weight excluding hydrogens is 470 g/mol. The van der Waals surface area contributed by atoms with E-state index in [4.69, 9.17) is 16.3 Å². The van der Waals surface area contributed by atoms with Crippen molar-refractivity contribution in [2.75, 3.05) is 12.0 Å². The van der Waals surface area contributed by atoms with Gasteiger partial charge in [-0.3, -0.25) is 14.5 Å². The molecule has 1 atom stereocenters. The second-order valence-electron chi connectivity index (χ2n) is 9.28. The maximum absolute atomic E-state index is 13.4. The first-order valence-electron chi connectivity index (χ1n) is 10.8. The number of hydrogen-bond donors (Lipinski definition) is 1. The van der Waals surface area contributed by atoms with Gasteiger partial charge in [-0.2, -0.15) is 0 Å². The number of thiophene rings is 1. The normalized spacial score (nSPS) is 17.9. The predicted molar refractivity (Wildman–Crippen MR) is 137 cm³/mol. The molecule has 2 aromatic carbocycles. The zero-order valence-corrected chi connectivity index (χ0v) is 21.3. The van der Waals surface area contributed by atoms with Crippen LogP contribution in [0.3, 0.4) is 0 Å². The van der Waals surface area contributed by atoms with E-state index in [0.717, 1.165) is 16.0 Å². The molecule has 0 aliphatic carbocycles. The Kier molecular flexibility index (Phi) is 6.32. The number of anilines is 1. The Morgan fingerprint density at radius 1 is 1.12 bits per heavy atom. The maximum Gasteiger partial charge on any atom is 0.300 e. The summed E-state index contributed by atoms with van der Waals surface area (Å²) in [6.45, 7) is 8.04. The van der Waals surface area contributed by atoms with Gasteiger partial charge in [0.25, 0.3) is 11.7 Å². The zero-order chi connectivity index (χ0) is 24.8. The number of halogens is 1. The number of ketones is 1. The molecule has 176 valence electrons. The van der Waals surface area contributed by atoms with Gasteiger partial charge in [-0.25, -0.2) is 0 Å². The molecule has 1 unspecified atom stereocenters. The van der Waals surface area contributed by atoms with Crippen LogP contribution in [-0.2, 0) is 15.0 Å². The van der Waals surface area contributed by atoms with E-state index in [9.17, 15) is 14.7 Å². The van der Waals surface area contributed by atoms with Crippen molar-refractivity contribution in [1.82, 2.24) is 0 Å². The minimum absolute atomic E-state index is 0.0242. The number of carbonyl (C=O) groups excluding carboxylic acids is 2. The number of ether oxygens (including phenoxy) is 1. The standard InChI is InChI=1S/C27H26ClNO4S/c1-15-8-10-17(28)14-19(15)29-23(21-7-6-12-34-21)22(25(31)26(29)32)24(30)18-13-16(27(2,3)4)9-11-20(18)33-5/h6-14,23,30H,1-5H3/b24-22+. The molecule has 7 heteroatoms. The van der Waals surface area contributed by atoms with Crippen molar-refractivity contribution in [3.8, 4) is 5.75 Å². The lowest BCUT2D eigenvalue weighted by molar-refractivity contribution is -0.132. The number of hydrogen-bond acceptors (Lipinski definition) is 5. The van der Waals surface area contributed by atoms with Gasteiger partial charge in [0, 0.05) is 15.6 Å². The summed E-state index contributed by atoms with van der Waals surface area (Å²) in [6.07, 6.45) is 0. The predicted octanol–water partition coefficient (Wildman–Crippen LogP) is 6.64. The van der Waals surface area contributed by atoms with Crippen LogP contribution >= 0.6 is 22.9 Å². The Hall–Kier alpha value is -3.09. The fourth-order valence-corrected chi connectivity index (χ4v) is 5.13. The molecule has 0 saturated carbocycles. The molecule has 1 aliphatic rings. The fourth-order valence-electron chi connectivity index (χ4n) is 4.14. The summed E-state index contributed by atoms with van der Waals surface area (Å²) in [6, 6.07) is 13.6. The minimum atomic E-state index is -0.792. The van der Waals surface area contributed by atoms with Crippen molar-refractivity contribution in [2.24, 2.45) is 0 Å². The molecule has 0 spiro atoms. The van der Waals surface area contributed by atoms with Crippen molar-refractivity contribution < 1.29 is 19.4 Å². The average Bonchev–Trinajstić information content (AvgIpc) is 3.41. The highest BCUT2D eigenvalue weighted by molar-refractivity contribution is 7.10. The Morgan fingerprint density at radius 2 is 1.85 bits per heavy atom. The molecule has 1 aromatic heterocycles. The third kappa shape index (κ3) is 4.12. The SMILES string of the molecule is COc1ccc(C(C)(C)C)cc1/C(O)=C1\C(=O)C(=O)N(c2cc(Cl)ccc2C)C1c1cccs1. The van der Waals surface area contributed by atoms with Crippen molar-refractivity contribution in [3.63, 3.8) is 0 Å². The van der Waals surface area contributed by atoms with E-state index < -0.39 is 17.7 Å². The molecule has 2 heterocycles. The van der Waals surface area contributed by atoms with Crippen LogP contribution in [0, 0.1) is 6.92 Å². The van der Waals surface area contributed by atoms with E-state index in [1.165, 1.54) is 23.3 Å². The zero-order valence-electron chi connectivity index (χ0n) is 19.7. The number of nitrogens with zero attached hydrogens (tertiary/aromatic N) is 1. The van der Waals surface area contributed by atoms with E-state index in [1.54, 1.807) is 24.3 Å². The van der Waals surface area contributed by atoms with Gasteiger partial charge in [0.15, 0.2) is 0 Å². The Morgan fingerprint density at radius 3 is 2.47 bits per heavy atom. The van der Waals surface area contributed by atoms with Crippen molar-refractivity contribution in [3.05, 3.63) is 86.1 Å². The number of methoxy groups -OCH3 is 1. The first kappa shape index (κ1) is 24.0. The molecule has 1 aliphatic heterocycles. The topological polar surface area (TPSA) is 66.8 Å². The van der Waals surface area contributed by atoms with Gasteiger partial charge in [-0.1, -0.05) is 50.6 Å². The van der Waals surface area contributed by atoms with Gasteiger partial charge < -0.3 is 9.84 Å². The maximum atomic E-state index is 13.4. The number of Topliss-reactive ketones (excluding diaryl/α,β-unsaturated/α-hetero) is 1. The first-order valence-corrected chi connectivity index (χ1v) is 12.1. The quantitative estimate of drug-likeness (QED) is 0.250. The lowest BCUT2D eigenvalue weighted by Gasteiger charge is -2.26. The molecule has 1 fully saturated rings. The van der Waals surface area contributed by atoms with Crippen LogP contribution in [0.2, 0.25) is 5.02 Å². The van der Waals surface area contributed by atoms with Gasteiger partial charge >= 0.3 is 0 Å². The molecular formula is C27H26ClNO4S. The van der Waals surface area contributed by atoms with Gasteiger partial charge in [-0.15, -0.1) is 11.3 Å². The van der Waals surface area contributed by atoms with Crippen LogP contribution in [0.5, 0.6) is 5.75 Å². The molecule has 5 nitrogen and oxygen atoms in total. The van der Waals surface area contributed by atoms with Crippen LogP contribution < -0.4 is 9.64 Å². The second kappa shape index (κ2) is 8.93. The van der Waals surface area contributed by atoms with E-state index >= 15 is 0 Å². The lowest BCUT2D eigenvalue weighted by Crippen LogP contribution is -2.29. The molecule has 1 N–H and O–H groups in total. The smallest absolute Gasteiger partial charge is 0.300 e. The summed E-state index contributed by atoms with van der Waals surface area (Å²) in [5.74, 6) is -1.31. The monoisotopic (exact) mass is 495 g/mol. The number of rotatable bonds is 4. The summed E-state index contributed by atoms with van der Waals surface area (Å²) in [5.41, 5.74) is 2.48. The second-order valence-corrected chi connectivity index (χ2v) is 10.7. The molecule has 1 amide bonds. The van der Waals surface area contributed by atoms with Gasteiger partial charge in [0.05, 0.1) is 18.2 Å². The molecule has 34 heavy (non-hydrogen) atoms. The third-order valence-electron chi connectivity index (χ3n) is 6.01. The van der Waals surface area contributed by atoms with Gasteiger partial charge in [0.2, 0.25) is 0 Å². The Bertz CT molecular complexity index is 1300. The highest BCUT2D eigenvalue weighted by Gasteiger charge is 2.48. The van der Waals surface area contributed by atoms with Crippen molar-refractivity contribution >= 4 is 46.1 Å². The number of amides is 1. The van der Waals surface area contributed by atoms with E-state index in [0.29, 0.717) is 22.0 Å². The highest BCUT2D eigenvalue weighted by atomic mass is 35.5. The summed E-state index contributed by atoms with van der Waals surface area (Å²) in [4.78, 5) is 29.0. The molecule has 4 rings (SSSR count). The summed E-state index contributed by atoms with van der Waals surface area (Å²) in [5, 5.41) is 13.9. The summed E-state index contributed by atoms with van der Waals surface area (Å²) in [7, 11) is 1.51. The summed E-state index contributed by atoms with van der Waals surface area (Å²) >= 11 is 7.66. The third-order valence-corrected chi connectivity index (χ3v) is 7.17. The number of aliphatic hydroxyl groups excluding tert-OH is 1. The summed E-state index contributed by atoms with van der Waals surface area (Å²) < 4.78 is 5.51. The van der Waals surface area contributed by atoms with Crippen molar-refractivity contribution in [2.45, 2.75) is 39.2 Å². The van der Waals surface area contributed by atoms with Gasteiger partial charge in [-0.05, 0) is 59.2 Å². The number of benzene rings is 2. The Balaban J connectivity index is 2.00. The van der Waals surface area contributed by atoms with Crippen molar-refractivity contribution in [1.29, 1.82) is 0 Å². The molecule has 0 bridgehead atoms. The average molecular weight is 496 g/mol. The largest absolute Gasteiger partial charge is 0.507 e. The van der Waals surface area contributed by atoms with E-state index in [2.05, 4.69) is 20.8 Å². The van der Waals surface area contributed by atoms with E-state index in [-0.39, 0.29) is 16.7 Å². The fraction of sp³-hybridized carbons (Fsp3) is 0.259. The molecule has 0 radical (unpaired) electrons. The van der Waals surface area contributed by atoms with Crippen LogP contribution in [0.4, 0.5) is 5.69 Å². The van der Waals surface area contributed by atoms with E-state index in [1.807, 2.05) is 36.6 Å². The number of carbonyl (C=O) groups is 2. The minimum Gasteiger partial charge on any atom is -0.507 e. The highest BCUT2D eigenvalue weighted by Crippen LogP contribution is 2.46. The lowest BCUT2D eigenvalue weighted by atomic mass is 9.85. The first-order chi connectivity index (χ1) is 16.0. The van der Waals surface area contributed by atoms with Crippen LogP contribution in [0.25, 0.3) is 5.76 Å². The number of aliphatic hydroxyl groups is 1. The van der Waals surface area contributed by atoms with Crippen LogP contribution in [-0.4, -0.2) is 23.9 Å². The Labute approximate surface area is 208 Å². The van der Waals surface area contributed by atoms with Crippen LogP contribution in [0.1, 0.15) is 48.4 Å². The number of aryl methyl sites for hydroxylation is 1.